The molecule has 4 rings (SSSR count). The molecule has 7 heteroatoms. The number of nitrogens with one attached hydrogen (secondary N) is 2. The molecule has 3 aromatic rings. The molecule has 6 nitrogen and oxygen atoms in total. The van der Waals surface area contributed by atoms with Gasteiger partial charge in [0.25, 0.3) is 5.91 Å². The van der Waals surface area contributed by atoms with Crippen LogP contribution in [0.4, 0.5) is 0 Å². The predicted molar refractivity (Wildman–Crippen MR) is 105 cm³/mol. The standard InChI is InChI=1S/C20H20N4O2S/c1-12-4-5-13(11-22-12)9-14-10-17(23-15-6-8-27-18(14)15)20(26)24-16-3-2-7-21-19(16)25/h4-6,8,10-11,16H,2-3,7,9H2,1H3,(H,21,25)(H,24,26). The van der Waals surface area contributed by atoms with E-state index in [2.05, 4.69) is 20.6 Å². The van der Waals surface area contributed by atoms with Gasteiger partial charge < -0.3 is 10.6 Å². The first-order valence-electron chi connectivity index (χ1n) is 8.97. The van der Waals surface area contributed by atoms with Gasteiger partial charge in [-0.05, 0) is 54.5 Å². The summed E-state index contributed by atoms with van der Waals surface area (Å²) in [5.74, 6) is -0.439. The third-order valence-electron chi connectivity index (χ3n) is 4.68. The molecule has 0 radical (unpaired) electrons. The van der Waals surface area contributed by atoms with E-state index < -0.39 is 6.04 Å². The Morgan fingerprint density at radius 1 is 1.37 bits per heavy atom. The van der Waals surface area contributed by atoms with Crippen molar-refractivity contribution in [3.63, 3.8) is 0 Å². The topological polar surface area (TPSA) is 84.0 Å². The van der Waals surface area contributed by atoms with Crippen LogP contribution >= 0.6 is 11.3 Å². The summed E-state index contributed by atoms with van der Waals surface area (Å²) in [6, 6.07) is 7.29. The first-order chi connectivity index (χ1) is 13.1. The lowest BCUT2D eigenvalue weighted by Crippen LogP contribution is -2.50. The fourth-order valence-electron chi connectivity index (χ4n) is 3.24. The summed E-state index contributed by atoms with van der Waals surface area (Å²) in [5, 5.41) is 7.58. The lowest BCUT2D eigenvalue weighted by Gasteiger charge is -2.22. The average Bonchev–Trinajstić information content (AvgIpc) is 3.14. The van der Waals surface area contributed by atoms with Gasteiger partial charge >= 0.3 is 0 Å². The predicted octanol–water partition coefficient (Wildman–Crippen LogP) is 2.60. The van der Waals surface area contributed by atoms with Crippen LogP contribution in [-0.2, 0) is 11.2 Å². The first-order valence-corrected chi connectivity index (χ1v) is 9.85. The van der Waals surface area contributed by atoms with Gasteiger partial charge in [-0.1, -0.05) is 6.07 Å². The van der Waals surface area contributed by atoms with Crippen molar-refractivity contribution in [2.45, 2.75) is 32.2 Å². The molecular weight excluding hydrogens is 360 g/mol. The maximum Gasteiger partial charge on any atom is 0.270 e. The van der Waals surface area contributed by atoms with Gasteiger partial charge in [-0.2, -0.15) is 0 Å². The van der Waals surface area contributed by atoms with Crippen molar-refractivity contribution in [3.8, 4) is 0 Å². The van der Waals surface area contributed by atoms with Crippen molar-refractivity contribution in [1.82, 2.24) is 20.6 Å². The normalized spacial score (nSPS) is 16.9. The number of aryl methyl sites for hydroxylation is 1. The molecular formula is C20H20N4O2S. The van der Waals surface area contributed by atoms with E-state index in [1.165, 1.54) is 0 Å². The number of aromatic nitrogens is 2. The number of fused-ring (bicyclic) bond motifs is 1. The lowest BCUT2D eigenvalue weighted by molar-refractivity contribution is -0.124. The van der Waals surface area contributed by atoms with E-state index in [1.54, 1.807) is 11.3 Å². The largest absolute Gasteiger partial charge is 0.354 e. The van der Waals surface area contributed by atoms with Crippen LogP contribution in [0.15, 0.2) is 35.8 Å². The Kier molecular flexibility index (Phi) is 4.85. The average molecular weight is 380 g/mol. The van der Waals surface area contributed by atoms with Crippen molar-refractivity contribution >= 4 is 33.4 Å². The summed E-state index contributed by atoms with van der Waals surface area (Å²) in [5.41, 5.74) is 4.24. The van der Waals surface area contributed by atoms with Crippen LogP contribution in [-0.4, -0.2) is 34.4 Å². The molecule has 1 atom stereocenters. The molecule has 0 bridgehead atoms. The number of pyridine rings is 2. The second-order valence-electron chi connectivity index (χ2n) is 6.75. The molecule has 3 aromatic heterocycles. The highest BCUT2D eigenvalue weighted by molar-refractivity contribution is 7.17. The van der Waals surface area contributed by atoms with Crippen LogP contribution in [0.2, 0.25) is 0 Å². The second-order valence-corrected chi connectivity index (χ2v) is 7.66. The van der Waals surface area contributed by atoms with E-state index in [1.807, 2.05) is 42.8 Å². The molecule has 0 aromatic carbocycles. The Hall–Kier alpha value is -2.80. The van der Waals surface area contributed by atoms with Gasteiger partial charge in [0.2, 0.25) is 5.91 Å². The second kappa shape index (κ2) is 7.44. The van der Waals surface area contributed by atoms with E-state index in [-0.39, 0.29) is 11.8 Å². The third kappa shape index (κ3) is 3.83. The molecule has 2 N–H and O–H groups in total. The Balaban J connectivity index is 1.62. The number of nitrogens with zero attached hydrogens (tertiary/aromatic N) is 2. The van der Waals surface area contributed by atoms with Gasteiger partial charge in [0.05, 0.1) is 10.2 Å². The van der Waals surface area contributed by atoms with Crippen LogP contribution < -0.4 is 10.6 Å². The number of thiophene rings is 1. The molecule has 1 fully saturated rings. The molecule has 1 saturated heterocycles. The molecule has 0 saturated carbocycles. The van der Waals surface area contributed by atoms with Gasteiger partial charge in [0.15, 0.2) is 0 Å². The van der Waals surface area contributed by atoms with Gasteiger partial charge in [-0.15, -0.1) is 11.3 Å². The van der Waals surface area contributed by atoms with Crippen LogP contribution in [0.3, 0.4) is 0 Å². The number of amides is 2. The zero-order valence-corrected chi connectivity index (χ0v) is 15.8. The minimum atomic E-state index is -0.490. The number of hydrogen-bond donors (Lipinski definition) is 2. The highest BCUT2D eigenvalue weighted by Crippen LogP contribution is 2.26. The summed E-state index contributed by atoms with van der Waals surface area (Å²) in [7, 11) is 0. The van der Waals surface area contributed by atoms with Crippen LogP contribution in [0.5, 0.6) is 0 Å². The highest BCUT2D eigenvalue weighted by Gasteiger charge is 2.25. The quantitative estimate of drug-likeness (QED) is 0.729. The fourth-order valence-corrected chi connectivity index (χ4v) is 4.09. The number of carbonyl (C=O) groups excluding carboxylic acids is 2. The Morgan fingerprint density at radius 3 is 3.04 bits per heavy atom. The summed E-state index contributed by atoms with van der Waals surface area (Å²) < 4.78 is 1.07. The third-order valence-corrected chi connectivity index (χ3v) is 5.66. The molecule has 2 amide bonds. The van der Waals surface area contributed by atoms with Gasteiger partial charge in [0, 0.05) is 24.9 Å². The first kappa shape index (κ1) is 17.6. The number of hydrogen-bond acceptors (Lipinski definition) is 5. The molecule has 138 valence electrons. The van der Waals surface area contributed by atoms with Crippen LogP contribution in [0, 0.1) is 6.92 Å². The number of piperidine rings is 1. The van der Waals surface area contributed by atoms with E-state index in [0.29, 0.717) is 25.1 Å². The molecule has 0 spiro atoms. The molecule has 1 aliphatic rings. The molecule has 27 heavy (non-hydrogen) atoms. The monoisotopic (exact) mass is 380 g/mol. The summed E-state index contributed by atoms with van der Waals surface area (Å²) in [6.45, 7) is 2.62. The van der Waals surface area contributed by atoms with E-state index in [9.17, 15) is 9.59 Å². The smallest absolute Gasteiger partial charge is 0.270 e. The van der Waals surface area contributed by atoms with Crippen LogP contribution in [0.1, 0.15) is 40.2 Å². The zero-order valence-electron chi connectivity index (χ0n) is 15.0. The molecule has 4 heterocycles. The Morgan fingerprint density at radius 2 is 2.26 bits per heavy atom. The SMILES string of the molecule is Cc1ccc(Cc2cc(C(=O)NC3CCCNC3=O)nc3ccsc23)cn1. The van der Waals surface area contributed by atoms with E-state index in [0.717, 1.165) is 33.5 Å². The lowest BCUT2D eigenvalue weighted by atomic mass is 10.0. The summed E-state index contributed by atoms with van der Waals surface area (Å²) >= 11 is 1.61. The molecule has 1 unspecified atom stereocenters. The molecule has 1 aliphatic heterocycles. The van der Waals surface area contributed by atoms with Crippen LogP contribution in [0.25, 0.3) is 10.2 Å². The minimum Gasteiger partial charge on any atom is -0.354 e. The van der Waals surface area contributed by atoms with E-state index in [4.69, 9.17) is 0 Å². The van der Waals surface area contributed by atoms with Crippen molar-refractivity contribution in [3.05, 3.63) is 58.4 Å². The number of rotatable bonds is 4. The van der Waals surface area contributed by atoms with E-state index >= 15 is 0 Å². The van der Waals surface area contributed by atoms with Gasteiger partial charge in [-0.3, -0.25) is 14.6 Å². The number of carbonyl (C=O) groups is 2. The maximum absolute atomic E-state index is 12.7. The Labute approximate surface area is 161 Å². The summed E-state index contributed by atoms with van der Waals surface area (Å²) in [4.78, 5) is 33.5. The minimum absolute atomic E-state index is 0.128. The van der Waals surface area contributed by atoms with Crippen molar-refractivity contribution in [2.75, 3.05) is 6.54 Å². The Bertz CT molecular complexity index is 997. The molecule has 0 aliphatic carbocycles. The van der Waals surface area contributed by atoms with Crippen molar-refractivity contribution in [2.24, 2.45) is 0 Å². The summed E-state index contributed by atoms with van der Waals surface area (Å²) in [6.07, 6.45) is 4.05. The zero-order chi connectivity index (χ0) is 18.8. The van der Waals surface area contributed by atoms with Crippen molar-refractivity contribution < 1.29 is 9.59 Å². The van der Waals surface area contributed by atoms with Crippen molar-refractivity contribution in [1.29, 1.82) is 0 Å². The van der Waals surface area contributed by atoms with Gasteiger partial charge in [0.1, 0.15) is 11.7 Å². The highest BCUT2D eigenvalue weighted by atomic mass is 32.1. The fraction of sp³-hybridized carbons (Fsp3) is 0.300. The maximum atomic E-state index is 12.7. The van der Waals surface area contributed by atoms with Gasteiger partial charge in [-0.25, -0.2) is 4.98 Å².